The molecule has 0 aromatic heterocycles. The summed E-state index contributed by atoms with van der Waals surface area (Å²) in [6.45, 7) is 9.35. The van der Waals surface area contributed by atoms with Crippen molar-refractivity contribution in [2.24, 2.45) is 5.92 Å². The molecule has 0 nitrogen and oxygen atoms in total. The van der Waals surface area contributed by atoms with E-state index in [0.29, 0.717) is 5.31 Å². The fourth-order valence-corrected chi connectivity index (χ4v) is 2.23. The Morgan fingerprint density at radius 2 is 1.67 bits per heavy atom. The maximum atomic E-state index is 2.57. The molecule has 2 unspecified atom stereocenters. The average Bonchev–Trinajstić information content (AvgIpc) is 1.91. The van der Waals surface area contributed by atoms with Crippen LogP contribution < -0.4 is 0 Å². The summed E-state index contributed by atoms with van der Waals surface area (Å²) in [6.07, 6.45) is 5.77. The molecule has 1 radical (unpaired) electrons. The highest BCUT2D eigenvalue weighted by Crippen LogP contribution is 2.39. The molecule has 0 bridgehead atoms. The molecule has 1 rings (SSSR count). The second-order valence-corrected chi connectivity index (χ2v) is 5.46. The van der Waals surface area contributed by atoms with Crippen LogP contribution in [-0.4, -0.2) is 7.28 Å². The second kappa shape index (κ2) is 3.85. The summed E-state index contributed by atoms with van der Waals surface area (Å²) in [5, 5.41) is 0.413. The Balaban J connectivity index is 2.39. The molecule has 2 atom stereocenters. The van der Waals surface area contributed by atoms with Crippen molar-refractivity contribution in [2.75, 3.05) is 0 Å². The minimum atomic E-state index is 0.413. The Bertz CT molecular complexity index is 134. The van der Waals surface area contributed by atoms with Crippen molar-refractivity contribution in [1.29, 1.82) is 0 Å². The van der Waals surface area contributed by atoms with Crippen LogP contribution in [0.25, 0.3) is 0 Å². The largest absolute Gasteiger partial charge is 0.121 e. The third-order valence-corrected chi connectivity index (χ3v) is 2.89. The first-order valence-electron chi connectivity index (χ1n) is 5.35. The van der Waals surface area contributed by atoms with Crippen LogP contribution in [0.1, 0.15) is 53.4 Å². The van der Waals surface area contributed by atoms with E-state index in [1.165, 1.54) is 25.7 Å². The molecule has 1 aliphatic carbocycles. The van der Waals surface area contributed by atoms with Gasteiger partial charge in [0.1, 0.15) is 7.28 Å². The van der Waals surface area contributed by atoms with Gasteiger partial charge < -0.3 is 0 Å². The summed E-state index contributed by atoms with van der Waals surface area (Å²) in [5.41, 5.74) is 0. The van der Waals surface area contributed by atoms with E-state index in [0.717, 1.165) is 11.7 Å². The summed E-state index contributed by atoms with van der Waals surface area (Å²) in [6, 6.07) is 0. The molecule has 0 spiro atoms. The predicted molar refractivity (Wildman–Crippen MR) is 56.9 cm³/mol. The van der Waals surface area contributed by atoms with Gasteiger partial charge in [-0.1, -0.05) is 64.5 Å². The lowest BCUT2D eigenvalue weighted by Gasteiger charge is -2.32. The van der Waals surface area contributed by atoms with Gasteiger partial charge >= 0.3 is 0 Å². The van der Waals surface area contributed by atoms with Crippen molar-refractivity contribution in [3.05, 3.63) is 0 Å². The maximum Gasteiger partial charge on any atom is 0.121 e. The van der Waals surface area contributed by atoms with E-state index in [2.05, 4.69) is 35.0 Å². The molecule has 69 valence electrons. The SMILES string of the molecule is CC1CCCCC1[B]C(C)(C)C. The topological polar surface area (TPSA) is 0 Å². The van der Waals surface area contributed by atoms with Crippen molar-refractivity contribution < 1.29 is 0 Å². The lowest BCUT2D eigenvalue weighted by atomic mass is 9.43. The van der Waals surface area contributed by atoms with Gasteiger partial charge in [-0.2, -0.15) is 0 Å². The number of hydrogen-bond acceptors (Lipinski definition) is 0. The van der Waals surface area contributed by atoms with E-state index >= 15 is 0 Å². The minimum absolute atomic E-state index is 0.413. The monoisotopic (exact) mass is 165 g/mol. The average molecular weight is 165 g/mol. The smallest absolute Gasteiger partial charge is 0.0674 e. The molecule has 0 aromatic carbocycles. The fourth-order valence-electron chi connectivity index (χ4n) is 2.23. The van der Waals surface area contributed by atoms with Gasteiger partial charge in [0.25, 0.3) is 0 Å². The van der Waals surface area contributed by atoms with Crippen LogP contribution in [0, 0.1) is 5.92 Å². The van der Waals surface area contributed by atoms with Crippen LogP contribution in [0.3, 0.4) is 0 Å². The van der Waals surface area contributed by atoms with Gasteiger partial charge in [0.05, 0.1) is 0 Å². The first-order chi connectivity index (χ1) is 5.49. The van der Waals surface area contributed by atoms with Gasteiger partial charge in [0.2, 0.25) is 0 Å². The van der Waals surface area contributed by atoms with E-state index in [9.17, 15) is 0 Å². The first-order valence-corrected chi connectivity index (χ1v) is 5.35. The van der Waals surface area contributed by atoms with Gasteiger partial charge in [-0.25, -0.2) is 0 Å². The molecule has 0 saturated heterocycles. The van der Waals surface area contributed by atoms with Crippen molar-refractivity contribution in [3.8, 4) is 0 Å². The zero-order valence-corrected chi connectivity index (χ0v) is 9.06. The summed E-state index contributed by atoms with van der Waals surface area (Å²) in [7, 11) is 2.57. The van der Waals surface area contributed by atoms with Crippen molar-refractivity contribution in [3.63, 3.8) is 0 Å². The van der Waals surface area contributed by atoms with Gasteiger partial charge in [0, 0.05) is 0 Å². The summed E-state index contributed by atoms with van der Waals surface area (Å²) < 4.78 is 0. The molecule has 0 amide bonds. The van der Waals surface area contributed by atoms with E-state index in [-0.39, 0.29) is 0 Å². The van der Waals surface area contributed by atoms with Crippen molar-refractivity contribution in [1.82, 2.24) is 0 Å². The first kappa shape index (κ1) is 10.1. The van der Waals surface area contributed by atoms with Gasteiger partial charge in [-0.15, -0.1) is 0 Å². The zero-order chi connectivity index (χ0) is 9.19. The van der Waals surface area contributed by atoms with Crippen molar-refractivity contribution in [2.45, 2.75) is 64.5 Å². The summed E-state index contributed by atoms with van der Waals surface area (Å²) >= 11 is 0. The van der Waals surface area contributed by atoms with E-state index in [1.807, 2.05) is 0 Å². The normalized spacial score (nSPS) is 31.7. The van der Waals surface area contributed by atoms with Crippen LogP contribution in [-0.2, 0) is 0 Å². The lowest BCUT2D eigenvalue weighted by Crippen LogP contribution is -2.23. The fraction of sp³-hybridized carbons (Fsp3) is 1.00. The van der Waals surface area contributed by atoms with Gasteiger partial charge in [0.15, 0.2) is 0 Å². The van der Waals surface area contributed by atoms with Gasteiger partial charge in [-0.05, 0) is 5.92 Å². The third kappa shape index (κ3) is 3.20. The number of rotatable bonds is 1. The van der Waals surface area contributed by atoms with Crippen LogP contribution in [0.2, 0.25) is 11.1 Å². The molecular weight excluding hydrogens is 143 g/mol. The molecule has 1 heteroatoms. The molecular formula is C11H22B. The predicted octanol–water partition coefficient (Wildman–Crippen LogP) is 3.91. The van der Waals surface area contributed by atoms with Gasteiger partial charge in [-0.3, -0.25) is 0 Å². The third-order valence-electron chi connectivity index (χ3n) is 2.89. The van der Waals surface area contributed by atoms with E-state index in [4.69, 9.17) is 0 Å². The van der Waals surface area contributed by atoms with Crippen LogP contribution in [0.15, 0.2) is 0 Å². The maximum absolute atomic E-state index is 2.57. The molecule has 12 heavy (non-hydrogen) atoms. The summed E-state index contributed by atoms with van der Waals surface area (Å²) in [5.74, 6) is 1.82. The van der Waals surface area contributed by atoms with E-state index in [1.54, 1.807) is 0 Å². The minimum Gasteiger partial charge on any atom is -0.0674 e. The van der Waals surface area contributed by atoms with Crippen LogP contribution >= 0.6 is 0 Å². The standard InChI is InChI=1S/C11H22B/c1-9-7-5-6-8-10(9)12-11(2,3)4/h9-10H,5-8H2,1-4H3. The van der Waals surface area contributed by atoms with Crippen LogP contribution in [0.4, 0.5) is 0 Å². The van der Waals surface area contributed by atoms with Crippen LogP contribution in [0.5, 0.6) is 0 Å². The highest BCUT2D eigenvalue weighted by atomic mass is 14.2. The quantitative estimate of drug-likeness (QED) is 0.516. The molecule has 0 N–H and O–H groups in total. The van der Waals surface area contributed by atoms with E-state index < -0.39 is 0 Å². The Morgan fingerprint density at radius 3 is 2.17 bits per heavy atom. The Morgan fingerprint density at radius 1 is 1.08 bits per heavy atom. The highest BCUT2D eigenvalue weighted by Gasteiger charge is 2.26. The lowest BCUT2D eigenvalue weighted by molar-refractivity contribution is 0.378. The van der Waals surface area contributed by atoms with Crippen molar-refractivity contribution >= 4 is 7.28 Å². The molecule has 1 aliphatic rings. The molecule has 0 aliphatic heterocycles. The zero-order valence-electron chi connectivity index (χ0n) is 9.06. The Kier molecular flexibility index (Phi) is 3.26. The molecule has 1 saturated carbocycles. The number of hydrogen-bond donors (Lipinski definition) is 0. The Labute approximate surface area is 78.4 Å². The molecule has 1 fully saturated rings. The Hall–Kier alpha value is 0.0649. The molecule has 0 heterocycles. The second-order valence-electron chi connectivity index (χ2n) is 5.46. The summed E-state index contributed by atoms with van der Waals surface area (Å²) in [4.78, 5) is 0. The highest BCUT2D eigenvalue weighted by molar-refractivity contribution is 6.41. The molecule has 0 aromatic rings.